The van der Waals surface area contributed by atoms with Crippen LogP contribution < -0.4 is 10.1 Å². The van der Waals surface area contributed by atoms with Crippen molar-refractivity contribution in [2.24, 2.45) is 0 Å². The summed E-state index contributed by atoms with van der Waals surface area (Å²) in [5.74, 6) is 0.533. The van der Waals surface area contributed by atoms with Crippen LogP contribution in [0.15, 0.2) is 48.5 Å². The van der Waals surface area contributed by atoms with Gasteiger partial charge in [0.15, 0.2) is 0 Å². The minimum Gasteiger partial charge on any atom is -0.496 e. The summed E-state index contributed by atoms with van der Waals surface area (Å²) in [7, 11) is 3.08. The van der Waals surface area contributed by atoms with Crippen molar-refractivity contribution in [3.8, 4) is 5.75 Å². The Kier molecular flexibility index (Phi) is 3.93. The van der Waals surface area contributed by atoms with E-state index in [1.165, 1.54) is 7.11 Å². The van der Waals surface area contributed by atoms with Crippen molar-refractivity contribution >= 4 is 16.9 Å². The van der Waals surface area contributed by atoms with Crippen LogP contribution >= 0.6 is 0 Å². The van der Waals surface area contributed by atoms with E-state index in [0.717, 1.165) is 33.5 Å². The monoisotopic (exact) mass is 336 g/mol. The number of ether oxygens (including phenoxy) is 2. The van der Waals surface area contributed by atoms with Crippen LogP contribution in [0.3, 0.4) is 0 Å². The van der Waals surface area contributed by atoms with Crippen LogP contribution in [0.1, 0.15) is 22.9 Å². The summed E-state index contributed by atoms with van der Waals surface area (Å²) in [6, 6.07) is 15.5. The second-order valence-electron chi connectivity index (χ2n) is 6.18. The highest BCUT2D eigenvalue weighted by molar-refractivity contribution is 5.87. The molecule has 2 N–H and O–H groups in total. The number of hydrogen-bond acceptors (Lipinski definition) is 4. The third-order valence-electron chi connectivity index (χ3n) is 4.85. The molecule has 3 aromatic rings. The predicted molar refractivity (Wildman–Crippen MR) is 95.8 cm³/mol. The van der Waals surface area contributed by atoms with Gasteiger partial charge in [-0.05, 0) is 17.7 Å². The number of aromatic nitrogens is 1. The van der Waals surface area contributed by atoms with Crippen molar-refractivity contribution in [3.63, 3.8) is 0 Å². The van der Waals surface area contributed by atoms with Gasteiger partial charge in [-0.25, -0.2) is 0 Å². The molecule has 2 atom stereocenters. The fourth-order valence-corrected chi connectivity index (χ4v) is 3.68. The maximum Gasteiger partial charge on any atom is 0.323 e. The molecule has 0 spiro atoms. The Morgan fingerprint density at radius 3 is 2.64 bits per heavy atom. The van der Waals surface area contributed by atoms with E-state index < -0.39 is 6.04 Å². The van der Waals surface area contributed by atoms with Crippen molar-refractivity contribution in [1.29, 1.82) is 0 Å². The predicted octanol–water partition coefficient (Wildman–Crippen LogP) is 2.95. The second-order valence-corrected chi connectivity index (χ2v) is 6.18. The van der Waals surface area contributed by atoms with Gasteiger partial charge in [0.25, 0.3) is 0 Å². The summed E-state index contributed by atoms with van der Waals surface area (Å²) in [5, 5.41) is 4.57. The van der Waals surface area contributed by atoms with E-state index in [2.05, 4.69) is 22.4 Å². The van der Waals surface area contributed by atoms with Gasteiger partial charge in [0, 0.05) is 28.6 Å². The van der Waals surface area contributed by atoms with Gasteiger partial charge in [-0.3, -0.25) is 10.1 Å². The Hall–Kier alpha value is -2.79. The first-order valence-corrected chi connectivity index (χ1v) is 8.29. The van der Waals surface area contributed by atoms with Crippen molar-refractivity contribution in [2.75, 3.05) is 14.2 Å². The first kappa shape index (κ1) is 15.7. The lowest BCUT2D eigenvalue weighted by Crippen LogP contribution is -2.45. The number of esters is 1. The van der Waals surface area contributed by atoms with Crippen molar-refractivity contribution in [3.05, 3.63) is 65.4 Å². The Morgan fingerprint density at radius 2 is 1.84 bits per heavy atom. The third kappa shape index (κ3) is 2.57. The lowest BCUT2D eigenvalue weighted by molar-refractivity contribution is -0.143. The zero-order chi connectivity index (χ0) is 17.4. The number of H-pyrrole nitrogens is 1. The summed E-state index contributed by atoms with van der Waals surface area (Å²) >= 11 is 0. The Bertz CT molecular complexity index is 932. The number of rotatable bonds is 3. The molecule has 0 radical (unpaired) electrons. The Labute approximate surface area is 146 Å². The number of carbonyl (C=O) groups excluding carboxylic acids is 1. The quantitative estimate of drug-likeness (QED) is 0.722. The molecular weight excluding hydrogens is 316 g/mol. The van der Waals surface area contributed by atoms with Crippen LogP contribution in [0.25, 0.3) is 10.9 Å². The van der Waals surface area contributed by atoms with Gasteiger partial charge in [-0.1, -0.05) is 36.4 Å². The van der Waals surface area contributed by atoms with Gasteiger partial charge < -0.3 is 14.5 Å². The number of hydrogen-bond donors (Lipinski definition) is 2. The van der Waals surface area contributed by atoms with Crippen LogP contribution in [-0.2, 0) is 16.0 Å². The molecule has 1 aliphatic rings. The van der Waals surface area contributed by atoms with Gasteiger partial charge in [0.1, 0.15) is 11.8 Å². The van der Waals surface area contributed by atoms with Crippen LogP contribution in [0.4, 0.5) is 0 Å². The average molecular weight is 336 g/mol. The molecule has 0 unspecified atom stereocenters. The molecule has 1 aromatic heterocycles. The van der Waals surface area contributed by atoms with Crippen molar-refractivity contribution in [1.82, 2.24) is 10.3 Å². The summed E-state index contributed by atoms with van der Waals surface area (Å²) in [4.78, 5) is 15.8. The highest BCUT2D eigenvalue weighted by Gasteiger charge is 2.35. The molecule has 5 heteroatoms. The average Bonchev–Trinajstić information content (AvgIpc) is 3.05. The number of aromatic amines is 1. The lowest BCUT2D eigenvalue weighted by Gasteiger charge is -2.31. The molecule has 0 saturated heterocycles. The maximum atomic E-state index is 12.2. The third-order valence-corrected chi connectivity index (χ3v) is 4.85. The van der Waals surface area contributed by atoms with Crippen LogP contribution in [0, 0.1) is 0 Å². The molecule has 2 aromatic carbocycles. The zero-order valence-electron chi connectivity index (χ0n) is 14.2. The summed E-state index contributed by atoms with van der Waals surface area (Å²) in [5.41, 5.74) is 4.29. The summed E-state index contributed by atoms with van der Waals surface area (Å²) in [6.07, 6.45) is 0.595. The number of fused-ring (bicyclic) bond motifs is 3. The molecule has 0 bridgehead atoms. The molecular formula is C20H20N2O3. The summed E-state index contributed by atoms with van der Waals surface area (Å²) < 4.78 is 10.5. The van der Waals surface area contributed by atoms with E-state index in [9.17, 15) is 4.79 Å². The minimum atomic E-state index is -0.397. The molecule has 2 heterocycles. The molecule has 5 nitrogen and oxygen atoms in total. The van der Waals surface area contributed by atoms with E-state index >= 15 is 0 Å². The van der Waals surface area contributed by atoms with E-state index in [0.29, 0.717) is 6.42 Å². The molecule has 0 amide bonds. The van der Waals surface area contributed by atoms with Crippen LogP contribution in [-0.4, -0.2) is 31.2 Å². The van der Waals surface area contributed by atoms with Gasteiger partial charge in [0.2, 0.25) is 0 Å². The first-order valence-electron chi connectivity index (χ1n) is 8.29. The maximum absolute atomic E-state index is 12.2. The number of para-hydroxylation sites is 2. The standard InChI is InChI=1S/C20H20N2O3/c1-24-17-10-6-4-8-13(17)18-19-14(11-16(22-18)20(23)25-2)12-7-3-5-9-15(12)21-19/h3-10,16,18,21-22H,11H2,1-2H3/t16-,18+/m0/s1. The highest BCUT2D eigenvalue weighted by atomic mass is 16.5. The molecule has 0 saturated carbocycles. The molecule has 0 fully saturated rings. The van der Waals surface area contributed by atoms with Crippen LogP contribution in [0.5, 0.6) is 5.75 Å². The SMILES string of the molecule is COC(=O)[C@@H]1Cc2c([nH]c3ccccc23)[C@@H](c2ccccc2OC)N1. The first-order chi connectivity index (χ1) is 12.2. The number of benzene rings is 2. The molecule has 4 rings (SSSR count). The van der Waals surface area contributed by atoms with Gasteiger partial charge >= 0.3 is 5.97 Å². The number of methoxy groups -OCH3 is 2. The van der Waals surface area contributed by atoms with Gasteiger partial charge in [-0.15, -0.1) is 0 Å². The fraction of sp³-hybridized carbons (Fsp3) is 0.250. The smallest absolute Gasteiger partial charge is 0.323 e. The minimum absolute atomic E-state index is 0.170. The molecule has 128 valence electrons. The molecule has 25 heavy (non-hydrogen) atoms. The molecule has 1 aliphatic heterocycles. The Balaban J connectivity index is 1.90. The largest absolute Gasteiger partial charge is 0.496 e. The number of nitrogens with one attached hydrogen (secondary N) is 2. The fourth-order valence-electron chi connectivity index (χ4n) is 3.68. The number of carbonyl (C=O) groups is 1. The van der Waals surface area contributed by atoms with Crippen molar-refractivity contribution < 1.29 is 14.3 Å². The van der Waals surface area contributed by atoms with Gasteiger partial charge in [0.05, 0.1) is 20.3 Å². The van der Waals surface area contributed by atoms with Crippen LogP contribution in [0.2, 0.25) is 0 Å². The van der Waals surface area contributed by atoms with E-state index in [-0.39, 0.29) is 12.0 Å². The van der Waals surface area contributed by atoms with E-state index in [1.54, 1.807) is 7.11 Å². The van der Waals surface area contributed by atoms with Crippen molar-refractivity contribution in [2.45, 2.75) is 18.5 Å². The topological polar surface area (TPSA) is 63.4 Å². The summed E-state index contributed by atoms with van der Waals surface area (Å²) in [6.45, 7) is 0. The normalized spacial score (nSPS) is 19.4. The molecule has 0 aliphatic carbocycles. The van der Waals surface area contributed by atoms with E-state index in [4.69, 9.17) is 9.47 Å². The highest BCUT2D eigenvalue weighted by Crippen LogP contribution is 2.38. The van der Waals surface area contributed by atoms with E-state index in [1.807, 2.05) is 36.4 Å². The lowest BCUT2D eigenvalue weighted by atomic mass is 9.90. The zero-order valence-corrected chi connectivity index (χ0v) is 14.2. The van der Waals surface area contributed by atoms with Gasteiger partial charge in [-0.2, -0.15) is 0 Å². The second kappa shape index (κ2) is 6.26. The Morgan fingerprint density at radius 1 is 1.08 bits per heavy atom.